The van der Waals surface area contributed by atoms with Crippen molar-refractivity contribution in [3.05, 3.63) is 0 Å². The Morgan fingerprint density at radius 1 is 1.04 bits per heavy atom. The summed E-state index contributed by atoms with van der Waals surface area (Å²) in [5, 5.41) is 0. The third-order valence-corrected chi connectivity index (χ3v) is 8.96. The lowest BCUT2D eigenvalue weighted by Crippen LogP contribution is -2.54. The highest BCUT2D eigenvalue weighted by Crippen LogP contribution is 2.66. The number of ketones is 1. The molecule has 0 aliphatic heterocycles. The standard InChI is InChI=1S/C22H34O3/c1-4-20(24)25-19-8-7-17-16-6-5-14-13-15(23)9-11-21(14,2)18(16)10-12-22(17,19)3/h14,16-19H,4-13H2,1-3H3/t14-,16?,17?,18?,19-,21+,22+/m1/s1. The Bertz CT molecular complexity index is 570. The molecule has 4 rings (SSSR count). The molecule has 0 aromatic rings. The molecule has 25 heavy (non-hydrogen) atoms. The highest BCUT2D eigenvalue weighted by Gasteiger charge is 2.61. The van der Waals surface area contributed by atoms with E-state index in [-0.39, 0.29) is 17.5 Å². The first-order valence-corrected chi connectivity index (χ1v) is 10.6. The molecular weight excluding hydrogens is 312 g/mol. The summed E-state index contributed by atoms with van der Waals surface area (Å²) in [7, 11) is 0. The number of rotatable bonds is 2. The average Bonchev–Trinajstić information content (AvgIpc) is 2.92. The Hall–Kier alpha value is -0.860. The van der Waals surface area contributed by atoms with Crippen LogP contribution in [0.25, 0.3) is 0 Å². The SMILES string of the molecule is CCC(=O)O[C@@H]1CCC2C3CC[C@@H]4CC(=O)CC[C@]4(C)C3CC[C@@]21C. The second-order valence-corrected chi connectivity index (χ2v) is 9.85. The Morgan fingerprint density at radius 3 is 2.56 bits per heavy atom. The molecule has 0 aromatic heterocycles. The van der Waals surface area contributed by atoms with Gasteiger partial charge in [-0.2, -0.15) is 0 Å². The maximum atomic E-state index is 12.0. The van der Waals surface area contributed by atoms with Gasteiger partial charge in [-0.3, -0.25) is 9.59 Å². The average molecular weight is 347 g/mol. The normalized spacial score (nSPS) is 49.1. The van der Waals surface area contributed by atoms with Crippen LogP contribution in [0.3, 0.4) is 0 Å². The summed E-state index contributed by atoms with van der Waals surface area (Å²) < 4.78 is 5.87. The van der Waals surface area contributed by atoms with Gasteiger partial charge in [0.05, 0.1) is 0 Å². The van der Waals surface area contributed by atoms with Gasteiger partial charge in [0.1, 0.15) is 11.9 Å². The van der Waals surface area contributed by atoms with Crippen molar-refractivity contribution in [3.63, 3.8) is 0 Å². The highest BCUT2D eigenvalue weighted by molar-refractivity contribution is 5.79. The molecular formula is C22H34O3. The predicted molar refractivity (Wildman–Crippen MR) is 96.9 cm³/mol. The zero-order valence-electron chi connectivity index (χ0n) is 16.2. The van der Waals surface area contributed by atoms with E-state index in [1.54, 1.807) is 0 Å². The van der Waals surface area contributed by atoms with Crippen LogP contribution in [-0.4, -0.2) is 17.9 Å². The zero-order chi connectivity index (χ0) is 17.8. The van der Waals surface area contributed by atoms with Crippen LogP contribution >= 0.6 is 0 Å². The molecule has 3 heteroatoms. The van der Waals surface area contributed by atoms with Crippen LogP contribution in [0.4, 0.5) is 0 Å². The molecule has 4 saturated carbocycles. The minimum absolute atomic E-state index is 0.0320. The maximum absolute atomic E-state index is 12.0. The van der Waals surface area contributed by atoms with E-state index in [1.165, 1.54) is 32.1 Å². The van der Waals surface area contributed by atoms with Crippen LogP contribution in [0.15, 0.2) is 0 Å². The first-order chi connectivity index (χ1) is 11.9. The second kappa shape index (κ2) is 6.09. The Kier molecular flexibility index (Phi) is 4.28. The molecule has 0 aromatic carbocycles. The number of fused-ring (bicyclic) bond motifs is 5. The molecule has 0 saturated heterocycles. The molecule has 0 N–H and O–H groups in total. The number of hydrogen-bond acceptors (Lipinski definition) is 3. The van der Waals surface area contributed by atoms with Crippen LogP contribution in [0.1, 0.15) is 85.0 Å². The van der Waals surface area contributed by atoms with Crippen molar-refractivity contribution in [3.8, 4) is 0 Å². The summed E-state index contributed by atoms with van der Waals surface area (Å²) in [6, 6.07) is 0. The summed E-state index contributed by atoms with van der Waals surface area (Å²) >= 11 is 0. The van der Waals surface area contributed by atoms with Gasteiger partial charge in [0, 0.05) is 24.7 Å². The lowest BCUT2D eigenvalue weighted by molar-refractivity contribution is -0.163. The minimum atomic E-state index is -0.0320. The molecule has 0 radical (unpaired) electrons. The molecule has 4 fully saturated rings. The summed E-state index contributed by atoms with van der Waals surface area (Å²) in [4.78, 5) is 23.9. The van der Waals surface area contributed by atoms with E-state index < -0.39 is 0 Å². The summed E-state index contributed by atoms with van der Waals surface area (Å²) in [6.45, 7) is 6.78. The maximum Gasteiger partial charge on any atom is 0.305 e. The highest BCUT2D eigenvalue weighted by atomic mass is 16.5. The Morgan fingerprint density at radius 2 is 1.80 bits per heavy atom. The topological polar surface area (TPSA) is 43.4 Å². The summed E-state index contributed by atoms with van der Waals surface area (Å²) in [6.07, 6.45) is 10.6. The third-order valence-electron chi connectivity index (χ3n) is 8.96. The quantitative estimate of drug-likeness (QED) is 0.667. The van der Waals surface area contributed by atoms with Crippen molar-refractivity contribution in [2.75, 3.05) is 0 Å². The van der Waals surface area contributed by atoms with Crippen molar-refractivity contribution in [2.24, 2.45) is 34.5 Å². The van der Waals surface area contributed by atoms with Gasteiger partial charge in [-0.05, 0) is 74.0 Å². The van der Waals surface area contributed by atoms with Gasteiger partial charge in [0.15, 0.2) is 0 Å². The van der Waals surface area contributed by atoms with Crippen LogP contribution in [0.5, 0.6) is 0 Å². The van der Waals surface area contributed by atoms with Crippen LogP contribution in [0.2, 0.25) is 0 Å². The lowest BCUT2D eigenvalue weighted by Gasteiger charge is -2.60. The van der Waals surface area contributed by atoms with Crippen molar-refractivity contribution in [2.45, 2.75) is 91.1 Å². The number of hydrogen-bond donors (Lipinski definition) is 0. The smallest absolute Gasteiger partial charge is 0.305 e. The van der Waals surface area contributed by atoms with Gasteiger partial charge < -0.3 is 4.74 Å². The molecule has 7 atom stereocenters. The first kappa shape index (κ1) is 17.5. The number of carbonyl (C=O) groups is 2. The van der Waals surface area contributed by atoms with Crippen molar-refractivity contribution in [1.82, 2.24) is 0 Å². The van der Waals surface area contributed by atoms with E-state index in [0.717, 1.165) is 37.5 Å². The molecule has 0 bridgehead atoms. The molecule has 3 unspecified atom stereocenters. The minimum Gasteiger partial charge on any atom is -0.462 e. The fourth-order valence-corrected chi connectivity index (χ4v) is 7.43. The van der Waals surface area contributed by atoms with Crippen LogP contribution in [-0.2, 0) is 14.3 Å². The van der Waals surface area contributed by atoms with E-state index in [0.29, 0.717) is 29.5 Å². The van der Waals surface area contributed by atoms with Gasteiger partial charge >= 0.3 is 5.97 Å². The largest absolute Gasteiger partial charge is 0.462 e. The fourth-order valence-electron chi connectivity index (χ4n) is 7.43. The third kappa shape index (κ3) is 2.59. The second-order valence-electron chi connectivity index (χ2n) is 9.85. The summed E-state index contributed by atoms with van der Waals surface area (Å²) in [5.41, 5.74) is 0.552. The van der Waals surface area contributed by atoms with E-state index in [4.69, 9.17) is 4.74 Å². The Labute approximate surface area is 152 Å². The van der Waals surface area contributed by atoms with Gasteiger partial charge in [0.2, 0.25) is 0 Å². The molecule has 4 aliphatic rings. The summed E-state index contributed by atoms with van der Waals surface area (Å²) in [5.74, 6) is 3.34. The van der Waals surface area contributed by atoms with E-state index in [9.17, 15) is 9.59 Å². The molecule has 0 spiro atoms. The van der Waals surface area contributed by atoms with Gasteiger partial charge in [0.25, 0.3) is 0 Å². The van der Waals surface area contributed by atoms with Crippen molar-refractivity contribution < 1.29 is 14.3 Å². The predicted octanol–water partition coefficient (Wildman–Crippen LogP) is 4.92. The van der Waals surface area contributed by atoms with E-state index in [2.05, 4.69) is 13.8 Å². The molecule has 0 heterocycles. The van der Waals surface area contributed by atoms with Crippen LogP contribution < -0.4 is 0 Å². The zero-order valence-corrected chi connectivity index (χ0v) is 16.2. The Balaban J connectivity index is 1.56. The van der Waals surface area contributed by atoms with E-state index >= 15 is 0 Å². The van der Waals surface area contributed by atoms with Crippen molar-refractivity contribution in [1.29, 1.82) is 0 Å². The van der Waals surface area contributed by atoms with Crippen LogP contribution in [0, 0.1) is 34.5 Å². The number of carbonyl (C=O) groups excluding carboxylic acids is 2. The van der Waals surface area contributed by atoms with Crippen molar-refractivity contribution >= 4 is 11.8 Å². The van der Waals surface area contributed by atoms with Gasteiger partial charge in [-0.1, -0.05) is 20.8 Å². The molecule has 140 valence electrons. The number of esters is 1. The van der Waals surface area contributed by atoms with E-state index in [1.807, 2.05) is 6.92 Å². The fraction of sp³-hybridized carbons (Fsp3) is 0.909. The van der Waals surface area contributed by atoms with Gasteiger partial charge in [-0.15, -0.1) is 0 Å². The number of Topliss-reactive ketones (excluding diaryl/α,β-unsaturated/α-hetero) is 1. The number of ether oxygens (including phenoxy) is 1. The first-order valence-electron chi connectivity index (χ1n) is 10.6. The molecule has 3 nitrogen and oxygen atoms in total. The molecule has 4 aliphatic carbocycles. The lowest BCUT2D eigenvalue weighted by atomic mass is 9.45. The van der Waals surface area contributed by atoms with Gasteiger partial charge in [-0.25, -0.2) is 0 Å². The molecule has 0 amide bonds. The monoisotopic (exact) mass is 346 g/mol.